The van der Waals surface area contributed by atoms with Crippen LogP contribution in [-0.4, -0.2) is 11.7 Å². The highest BCUT2D eigenvalue weighted by Gasteiger charge is 2.30. The molecular weight excluding hydrogens is 327 g/mol. The van der Waals surface area contributed by atoms with Crippen molar-refractivity contribution >= 4 is 23.0 Å². The van der Waals surface area contributed by atoms with Gasteiger partial charge in [0, 0.05) is 19.4 Å². The van der Waals surface area contributed by atoms with Crippen molar-refractivity contribution in [2.75, 3.05) is 0 Å². The number of hydrogen-bond acceptors (Lipinski definition) is 3. The van der Waals surface area contributed by atoms with Gasteiger partial charge in [0.05, 0.1) is 10.4 Å². The molecule has 1 heterocycles. The first kappa shape index (κ1) is 17.2. The average Bonchev–Trinajstić information content (AvgIpc) is 3.04. The molecule has 2 aromatic rings. The van der Waals surface area contributed by atoms with E-state index in [4.69, 9.17) is 0 Å². The summed E-state index contributed by atoms with van der Waals surface area (Å²) in [5, 5.41) is 4.30. The SMILES string of the molecule is O=C(CCC(=O)c1cccs1)NCc1cccc(C(F)(F)F)c1. The third kappa shape index (κ3) is 5.21. The van der Waals surface area contributed by atoms with Crippen molar-refractivity contribution in [3.63, 3.8) is 0 Å². The summed E-state index contributed by atoms with van der Waals surface area (Å²) >= 11 is 1.31. The molecule has 3 nitrogen and oxygen atoms in total. The van der Waals surface area contributed by atoms with Crippen LogP contribution in [0.5, 0.6) is 0 Å². The number of halogens is 3. The topological polar surface area (TPSA) is 46.2 Å². The molecule has 0 aliphatic rings. The Kier molecular flexibility index (Phi) is 5.54. The molecule has 2 rings (SSSR count). The summed E-state index contributed by atoms with van der Waals surface area (Å²) in [6.45, 7) is -0.00402. The largest absolute Gasteiger partial charge is 0.416 e. The molecule has 0 fully saturated rings. The number of hydrogen-bond donors (Lipinski definition) is 1. The van der Waals surface area contributed by atoms with Crippen LogP contribution in [0.15, 0.2) is 41.8 Å². The van der Waals surface area contributed by atoms with E-state index < -0.39 is 11.7 Å². The molecule has 122 valence electrons. The Labute approximate surface area is 135 Å². The normalized spacial score (nSPS) is 11.3. The zero-order valence-corrected chi connectivity index (χ0v) is 12.8. The highest BCUT2D eigenvalue weighted by atomic mass is 32.1. The molecule has 7 heteroatoms. The number of carbonyl (C=O) groups excluding carboxylic acids is 2. The van der Waals surface area contributed by atoms with Gasteiger partial charge >= 0.3 is 6.18 Å². The monoisotopic (exact) mass is 341 g/mol. The summed E-state index contributed by atoms with van der Waals surface area (Å²) < 4.78 is 37.8. The summed E-state index contributed by atoms with van der Waals surface area (Å²) in [7, 11) is 0. The second-order valence-electron chi connectivity index (χ2n) is 4.88. The van der Waals surface area contributed by atoms with Gasteiger partial charge in [0.15, 0.2) is 5.78 Å². The van der Waals surface area contributed by atoms with Crippen LogP contribution in [-0.2, 0) is 17.5 Å². The molecule has 0 spiro atoms. The maximum Gasteiger partial charge on any atom is 0.416 e. The van der Waals surface area contributed by atoms with Crippen molar-refractivity contribution in [1.29, 1.82) is 0 Å². The Morgan fingerprint density at radius 1 is 1.09 bits per heavy atom. The third-order valence-corrected chi connectivity index (χ3v) is 4.03. The molecule has 0 atom stereocenters. The number of nitrogens with one attached hydrogen (secondary N) is 1. The van der Waals surface area contributed by atoms with Gasteiger partial charge in [-0.1, -0.05) is 18.2 Å². The zero-order chi connectivity index (χ0) is 16.9. The fourth-order valence-electron chi connectivity index (χ4n) is 1.93. The lowest BCUT2D eigenvalue weighted by molar-refractivity contribution is -0.137. The summed E-state index contributed by atoms with van der Waals surface area (Å²) in [4.78, 5) is 24.0. The van der Waals surface area contributed by atoms with Crippen LogP contribution in [0.3, 0.4) is 0 Å². The number of benzene rings is 1. The number of alkyl halides is 3. The first-order valence-electron chi connectivity index (χ1n) is 6.86. The van der Waals surface area contributed by atoms with Crippen LogP contribution in [0.25, 0.3) is 0 Å². The van der Waals surface area contributed by atoms with Crippen molar-refractivity contribution in [2.24, 2.45) is 0 Å². The molecule has 0 saturated carbocycles. The number of amides is 1. The van der Waals surface area contributed by atoms with Crippen molar-refractivity contribution in [2.45, 2.75) is 25.6 Å². The van der Waals surface area contributed by atoms with Crippen LogP contribution in [0.2, 0.25) is 0 Å². The molecule has 1 N–H and O–H groups in total. The Hall–Kier alpha value is -2.15. The molecule has 0 aliphatic heterocycles. The number of rotatable bonds is 6. The summed E-state index contributed by atoms with van der Waals surface area (Å²) in [6.07, 6.45) is -4.32. The van der Waals surface area contributed by atoms with Gasteiger partial charge in [0.1, 0.15) is 0 Å². The lowest BCUT2D eigenvalue weighted by Gasteiger charge is -2.09. The van der Waals surface area contributed by atoms with Crippen molar-refractivity contribution < 1.29 is 22.8 Å². The smallest absolute Gasteiger partial charge is 0.352 e. The van der Waals surface area contributed by atoms with Gasteiger partial charge in [-0.25, -0.2) is 0 Å². The fourth-order valence-corrected chi connectivity index (χ4v) is 2.63. The minimum Gasteiger partial charge on any atom is -0.352 e. The quantitative estimate of drug-likeness (QED) is 0.806. The van der Waals surface area contributed by atoms with Crippen molar-refractivity contribution in [3.8, 4) is 0 Å². The molecular formula is C16H14F3NO2S. The second-order valence-corrected chi connectivity index (χ2v) is 5.82. The zero-order valence-electron chi connectivity index (χ0n) is 12.0. The molecule has 0 bridgehead atoms. The predicted octanol–water partition coefficient (Wildman–Crippen LogP) is 4.05. The van der Waals surface area contributed by atoms with Gasteiger partial charge < -0.3 is 5.32 Å². The van der Waals surface area contributed by atoms with E-state index >= 15 is 0 Å². The van der Waals surface area contributed by atoms with E-state index in [-0.39, 0.29) is 31.1 Å². The molecule has 0 unspecified atom stereocenters. The van der Waals surface area contributed by atoms with E-state index in [1.165, 1.54) is 23.5 Å². The molecule has 1 aromatic carbocycles. The number of thiophene rings is 1. The fraction of sp³-hybridized carbons (Fsp3) is 0.250. The predicted molar refractivity (Wildman–Crippen MR) is 81.2 cm³/mol. The Balaban J connectivity index is 1.82. The van der Waals surface area contributed by atoms with Crippen molar-refractivity contribution in [1.82, 2.24) is 5.32 Å². The van der Waals surface area contributed by atoms with E-state index in [0.717, 1.165) is 12.1 Å². The maximum atomic E-state index is 12.6. The van der Waals surface area contributed by atoms with E-state index in [2.05, 4.69) is 5.32 Å². The van der Waals surface area contributed by atoms with Crippen LogP contribution < -0.4 is 5.32 Å². The van der Waals surface area contributed by atoms with Gasteiger partial charge in [0.25, 0.3) is 0 Å². The van der Waals surface area contributed by atoms with Crippen molar-refractivity contribution in [3.05, 3.63) is 57.8 Å². The van der Waals surface area contributed by atoms with Crippen LogP contribution in [0.1, 0.15) is 33.6 Å². The summed E-state index contributed by atoms with van der Waals surface area (Å²) in [5.41, 5.74) is -0.394. The summed E-state index contributed by atoms with van der Waals surface area (Å²) in [5.74, 6) is -0.485. The van der Waals surface area contributed by atoms with Gasteiger partial charge in [-0.15, -0.1) is 11.3 Å². The number of carbonyl (C=O) groups is 2. The highest BCUT2D eigenvalue weighted by molar-refractivity contribution is 7.12. The molecule has 0 radical (unpaired) electrons. The lowest BCUT2D eigenvalue weighted by Crippen LogP contribution is -2.23. The molecule has 1 amide bonds. The standard InChI is InChI=1S/C16H14F3NO2S/c17-16(18,19)12-4-1-3-11(9-12)10-20-15(22)7-6-13(21)14-5-2-8-23-14/h1-5,8-9H,6-7,10H2,(H,20,22). The number of ketones is 1. The van der Waals surface area contributed by atoms with E-state index in [1.807, 2.05) is 0 Å². The summed E-state index contributed by atoms with van der Waals surface area (Å²) in [6, 6.07) is 8.22. The van der Waals surface area contributed by atoms with E-state index in [9.17, 15) is 22.8 Å². The van der Waals surface area contributed by atoms with Gasteiger partial charge in [-0.3, -0.25) is 9.59 Å². The molecule has 0 aliphatic carbocycles. The van der Waals surface area contributed by atoms with E-state index in [1.54, 1.807) is 17.5 Å². The molecule has 0 saturated heterocycles. The van der Waals surface area contributed by atoms with Gasteiger partial charge in [-0.2, -0.15) is 13.2 Å². The van der Waals surface area contributed by atoms with Crippen LogP contribution >= 0.6 is 11.3 Å². The molecule has 1 aromatic heterocycles. The Bertz CT molecular complexity index is 681. The highest BCUT2D eigenvalue weighted by Crippen LogP contribution is 2.29. The second kappa shape index (κ2) is 7.41. The van der Waals surface area contributed by atoms with Crippen LogP contribution in [0.4, 0.5) is 13.2 Å². The Morgan fingerprint density at radius 3 is 2.52 bits per heavy atom. The number of Topliss-reactive ketones (excluding diaryl/α,β-unsaturated/α-hetero) is 1. The first-order chi connectivity index (χ1) is 10.9. The third-order valence-electron chi connectivity index (χ3n) is 3.12. The van der Waals surface area contributed by atoms with Crippen LogP contribution in [0, 0.1) is 0 Å². The Morgan fingerprint density at radius 2 is 1.87 bits per heavy atom. The minimum absolute atomic E-state index is 0.00402. The average molecular weight is 341 g/mol. The van der Waals surface area contributed by atoms with Gasteiger partial charge in [0.2, 0.25) is 5.91 Å². The maximum absolute atomic E-state index is 12.6. The minimum atomic E-state index is -4.41. The lowest BCUT2D eigenvalue weighted by atomic mass is 10.1. The van der Waals surface area contributed by atoms with E-state index in [0.29, 0.717) is 10.4 Å². The molecule has 23 heavy (non-hydrogen) atoms. The first-order valence-corrected chi connectivity index (χ1v) is 7.74. The van der Waals surface area contributed by atoms with Gasteiger partial charge in [-0.05, 0) is 29.1 Å².